The number of nitrogens with zero attached hydrogens (tertiary/aromatic N) is 2. The normalized spacial score (nSPS) is 10.4. The molecule has 5 nitrogen and oxygen atoms in total. The highest BCUT2D eigenvalue weighted by molar-refractivity contribution is 5.97. The summed E-state index contributed by atoms with van der Waals surface area (Å²) >= 11 is 0. The molecule has 0 saturated heterocycles. The Kier molecular flexibility index (Phi) is 6.33. The minimum atomic E-state index is -0.709. The summed E-state index contributed by atoms with van der Waals surface area (Å²) in [7, 11) is 0. The highest BCUT2D eigenvalue weighted by atomic mass is 16.5. The van der Waals surface area contributed by atoms with E-state index in [4.69, 9.17) is 14.7 Å². The van der Waals surface area contributed by atoms with E-state index in [1.807, 2.05) is 19.1 Å². The van der Waals surface area contributed by atoms with E-state index in [0.29, 0.717) is 23.3 Å². The molecular formula is C20H16N2O3. The van der Waals surface area contributed by atoms with Gasteiger partial charge in [-0.25, -0.2) is 4.79 Å². The van der Waals surface area contributed by atoms with Crippen LogP contribution in [0.3, 0.4) is 0 Å². The van der Waals surface area contributed by atoms with E-state index in [0.717, 1.165) is 5.75 Å². The summed E-state index contributed by atoms with van der Waals surface area (Å²) in [5.74, 6) is 0.0110. The van der Waals surface area contributed by atoms with E-state index >= 15 is 0 Å². The number of nitriles is 2. The van der Waals surface area contributed by atoms with E-state index in [1.54, 1.807) is 48.5 Å². The SMILES string of the molecule is CCOc1ccc(/C=C(\C#N)C(=O)OCc2cccc(C#N)c2)cc1. The number of rotatable bonds is 6. The van der Waals surface area contributed by atoms with Crippen molar-refractivity contribution in [3.05, 3.63) is 70.8 Å². The van der Waals surface area contributed by atoms with Gasteiger partial charge in [0, 0.05) is 0 Å². The molecule has 0 N–H and O–H groups in total. The third-order valence-corrected chi connectivity index (χ3v) is 3.27. The lowest BCUT2D eigenvalue weighted by molar-refractivity contribution is -0.139. The van der Waals surface area contributed by atoms with Crippen LogP contribution in [0.4, 0.5) is 0 Å². The lowest BCUT2D eigenvalue weighted by atomic mass is 10.1. The second kappa shape index (κ2) is 8.90. The van der Waals surface area contributed by atoms with E-state index < -0.39 is 5.97 Å². The topological polar surface area (TPSA) is 83.1 Å². The molecule has 0 aliphatic rings. The number of hydrogen-bond acceptors (Lipinski definition) is 5. The summed E-state index contributed by atoms with van der Waals surface area (Å²) in [4.78, 5) is 12.1. The Morgan fingerprint density at radius 1 is 1.16 bits per heavy atom. The number of esters is 1. The first kappa shape index (κ1) is 17.8. The van der Waals surface area contributed by atoms with Gasteiger partial charge in [0.05, 0.1) is 18.2 Å². The molecule has 0 bridgehead atoms. The molecule has 124 valence electrons. The Morgan fingerprint density at radius 3 is 2.56 bits per heavy atom. The van der Waals surface area contributed by atoms with E-state index in [-0.39, 0.29) is 12.2 Å². The van der Waals surface area contributed by atoms with Crippen molar-refractivity contribution >= 4 is 12.0 Å². The lowest BCUT2D eigenvalue weighted by Crippen LogP contribution is -2.07. The van der Waals surface area contributed by atoms with Crippen LogP contribution in [0.5, 0.6) is 5.75 Å². The molecule has 2 rings (SSSR count). The molecular weight excluding hydrogens is 316 g/mol. The number of carbonyl (C=O) groups is 1. The molecule has 2 aromatic rings. The van der Waals surface area contributed by atoms with Gasteiger partial charge < -0.3 is 9.47 Å². The summed E-state index contributed by atoms with van der Waals surface area (Å²) in [5, 5.41) is 18.1. The summed E-state index contributed by atoms with van der Waals surface area (Å²) in [6.07, 6.45) is 1.46. The van der Waals surface area contributed by atoms with Crippen LogP contribution in [0.15, 0.2) is 54.1 Å². The molecule has 0 aliphatic heterocycles. The maximum absolute atomic E-state index is 12.1. The van der Waals surface area contributed by atoms with Crippen molar-refractivity contribution in [1.82, 2.24) is 0 Å². The average molecular weight is 332 g/mol. The Morgan fingerprint density at radius 2 is 1.92 bits per heavy atom. The van der Waals surface area contributed by atoms with Crippen molar-refractivity contribution in [2.24, 2.45) is 0 Å². The lowest BCUT2D eigenvalue weighted by Gasteiger charge is -2.05. The van der Waals surface area contributed by atoms with Crippen LogP contribution < -0.4 is 4.74 Å². The molecule has 0 unspecified atom stereocenters. The standard InChI is InChI=1S/C20H16N2O3/c1-2-24-19-8-6-15(7-9-19)11-18(13-22)20(23)25-14-17-5-3-4-16(10-17)12-21/h3-11H,2,14H2,1H3/b18-11+. The minimum Gasteiger partial charge on any atom is -0.494 e. The van der Waals surface area contributed by atoms with Gasteiger partial charge in [-0.3, -0.25) is 0 Å². The van der Waals surface area contributed by atoms with Crippen LogP contribution >= 0.6 is 0 Å². The van der Waals surface area contributed by atoms with Crippen molar-refractivity contribution < 1.29 is 14.3 Å². The quantitative estimate of drug-likeness (QED) is 0.458. The first-order chi connectivity index (χ1) is 12.2. The largest absolute Gasteiger partial charge is 0.494 e. The molecule has 0 amide bonds. The zero-order valence-corrected chi connectivity index (χ0v) is 13.7. The van der Waals surface area contributed by atoms with Crippen LogP contribution in [0, 0.1) is 22.7 Å². The maximum atomic E-state index is 12.1. The maximum Gasteiger partial charge on any atom is 0.349 e. The summed E-state index contributed by atoms with van der Waals surface area (Å²) in [6.45, 7) is 2.46. The molecule has 0 saturated carbocycles. The van der Waals surface area contributed by atoms with E-state index in [1.165, 1.54) is 6.08 Å². The van der Waals surface area contributed by atoms with Gasteiger partial charge in [-0.05, 0) is 48.4 Å². The Balaban J connectivity index is 2.05. The molecule has 0 aliphatic carbocycles. The molecule has 25 heavy (non-hydrogen) atoms. The molecule has 5 heteroatoms. The van der Waals surface area contributed by atoms with Crippen LogP contribution in [-0.4, -0.2) is 12.6 Å². The zero-order chi connectivity index (χ0) is 18.1. The molecule has 0 aromatic heterocycles. The van der Waals surface area contributed by atoms with Crippen LogP contribution in [0.25, 0.3) is 6.08 Å². The van der Waals surface area contributed by atoms with Crippen molar-refractivity contribution in [2.75, 3.05) is 6.61 Å². The highest BCUT2D eigenvalue weighted by Gasteiger charge is 2.11. The van der Waals surface area contributed by atoms with Gasteiger partial charge in [0.15, 0.2) is 0 Å². The van der Waals surface area contributed by atoms with Gasteiger partial charge in [0.2, 0.25) is 0 Å². The second-order valence-corrected chi connectivity index (χ2v) is 5.06. The monoisotopic (exact) mass is 332 g/mol. The third-order valence-electron chi connectivity index (χ3n) is 3.27. The summed E-state index contributed by atoms with van der Waals surface area (Å²) in [5.41, 5.74) is 1.77. The van der Waals surface area contributed by atoms with Crippen molar-refractivity contribution in [1.29, 1.82) is 10.5 Å². The predicted molar refractivity (Wildman–Crippen MR) is 92.2 cm³/mol. The second-order valence-electron chi connectivity index (χ2n) is 5.06. The minimum absolute atomic E-state index is 0.00332. The molecule has 0 radical (unpaired) electrons. The fourth-order valence-electron chi connectivity index (χ4n) is 2.09. The van der Waals surface area contributed by atoms with Gasteiger partial charge in [0.25, 0.3) is 0 Å². The van der Waals surface area contributed by atoms with Gasteiger partial charge in [0.1, 0.15) is 24.0 Å². The fourth-order valence-corrected chi connectivity index (χ4v) is 2.09. The van der Waals surface area contributed by atoms with Crippen LogP contribution in [0.2, 0.25) is 0 Å². The van der Waals surface area contributed by atoms with Crippen molar-refractivity contribution in [2.45, 2.75) is 13.5 Å². The Bertz CT molecular complexity index is 856. The summed E-state index contributed by atoms with van der Waals surface area (Å²) in [6, 6.07) is 17.7. The zero-order valence-electron chi connectivity index (χ0n) is 13.7. The van der Waals surface area contributed by atoms with Crippen molar-refractivity contribution in [3.63, 3.8) is 0 Å². The van der Waals surface area contributed by atoms with Crippen LogP contribution in [-0.2, 0) is 16.1 Å². The van der Waals surface area contributed by atoms with Gasteiger partial charge in [-0.1, -0.05) is 24.3 Å². The first-order valence-electron chi connectivity index (χ1n) is 7.67. The molecule has 0 fully saturated rings. The third kappa shape index (κ3) is 5.23. The first-order valence-corrected chi connectivity index (χ1v) is 7.67. The van der Waals surface area contributed by atoms with Gasteiger partial charge in [-0.15, -0.1) is 0 Å². The molecule has 0 spiro atoms. The van der Waals surface area contributed by atoms with Crippen LogP contribution in [0.1, 0.15) is 23.6 Å². The molecule has 0 heterocycles. The average Bonchev–Trinajstić information content (AvgIpc) is 2.66. The Hall–Kier alpha value is -3.57. The van der Waals surface area contributed by atoms with E-state index in [2.05, 4.69) is 0 Å². The highest BCUT2D eigenvalue weighted by Crippen LogP contribution is 2.15. The van der Waals surface area contributed by atoms with E-state index in [9.17, 15) is 10.1 Å². The van der Waals surface area contributed by atoms with Gasteiger partial charge >= 0.3 is 5.97 Å². The predicted octanol–water partition coefficient (Wildman–Crippen LogP) is 3.61. The van der Waals surface area contributed by atoms with Crippen molar-refractivity contribution in [3.8, 4) is 17.9 Å². The molecule has 0 atom stereocenters. The number of benzene rings is 2. The number of carbonyl (C=O) groups excluding carboxylic acids is 1. The number of ether oxygens (including phenoxy) is 2. The summed E-state index contributed by atoms with van der Waals surface area (Å²) < 4.78 is 10.5. The smallest absolute Gasteiger partial charge is 0.349 e. The fraction of sp³-hybridized carbons (Fsp3) is 0.150. The molecule has 2 aromatic carbocycles. The van der Waals surface area contributed by atoms with Gasteiger partial charge in [-0.2, -0.15) is 10.5 Å². The Labute approximate surface area is 146 Å². The number of hydrogen-bond donors (Lipinski definition) is 0.